The molecule has 1 unspecified atom stereocenters. The van der Waals surface area contributed by atoms with E-state index in [2.05, 4.69) is 0 Å². The second kappa shape index (κ2) is 8.84. The first kappa shape index (κ1) is 20.2. The highest BCUT2D eigenvalue weighted by Crippen LogP contribution is 2.14. The second-order valence-electron chi connectivity index (χ2n) is 6.82. The summed E-state index contributed by atoms with van der Waals surface area (Å²) in [7, 11) is -1.77. The van der Waals surface area contributed by atoms with E-state index in [1.165, 1.54) is 4.57 Å². The van der Waals surface area contributed by atoms with E-state index in [9.17, 15) is 14.7 Å². The van der Waals surface area contributed by atoms with Crippen LogP contribution >= 0.6 is 0 Å². The van der Waals surface area contributed by atoms with Crippen molar-refractivity contribution in [1.82, 2.24) is 4.57 Å². The summed E-state index contributed by atoms with van der Waals surface area (Å²) < 4.78 is 12.3. The lowest BCUT2D eigenvalue weighted by Crippen LogP contribution is -2.54. The molecule has 1 amide bonds. The molecule has 6 nitrogen and oxygen atoms in total. The van der Waals surface area contributed by atoms with Gasteiger partial charge in [-0.2, -0.15) is 0 Å². The molecule has 134 valence electrons. The Morgan fingerprint density at radius 2 is 1.79 bits per heavy atom. The third-order valence-corrected chi connectivity index (χ3v) is 4.95. The number of hydrogen-bond acceptors (Lipinski definition) is 4. The molecule has 0 radical (unpaired) electrons. The van der Waals surface area contributed by atoms with Crippen LogP contribution in [0.1, 0.15) is 26.3 Å². The first-order valence-corrected chi connectivity index (χ1v) is 10.8. The number of carboxylic acid groups (broad SMARTS) is 1. The maximum atomic E-state index is 12.4. The van der Waals surface area contributed by atoms with E-state index < -0.39 is 32.7 Å². The highest BCUT2D eigenvalue weighted by molar-refractivity contribution is 6.55. The molecule has 0 fully saturated rings. The van der Waals surface area contributed by atoms with E-state index in [0.717, 1.165) is 5.56 Å². The van der Waals surface area contributed by atoms with Gasteiger partial charge in [-0.3, -0.25) is 0 Å². The summed E-state index contributed by atoms with van der Waals surface area (Å²) in [6, 6.07) is 8.25. The van der Waals surface area contributed by atoms with Crippen molar-refractivity contribution in [2.24, 2.45) is 0 Å². The van der Waals surface area contributed by atoms with Crippen LogP contribution in [-0.2, 0) is 20.9 Å². The molecule has 0 aliphatic rings. The average molecular weight is 353 g/mol. The molecule has 0 heterocycles. The topological polar surface area (TPSA) is 76.1 Å². The van der Waals surface area contributed by atoms with Gasteiger partial charge in [0.15, 0.2) is 0 Å². The van der Waals surface area contributed by atoms with Crippen molar-refractivity contribution < 1.29 is 24.2 Å². The Morgan fingerprint density at radius 1 is 1.21 bits per heavy atom. The fourth-order valence-electron chi connectivity index (χ4n) is 2.09. The monoisotopic (exact) mass is 353 g/mol. The minimum atomic E-state index is -1.77. The van der Waals surface area contributed by atoms with Gasteiger partial charge in [0, 0.05) is 0 Å². The number of ether oxygens (including phenoxy) is 2. The van der Waals surface area contributed by atoms with Crippen molar-refractivity contribution in [3.63, 3.8) is 0 Å². The van der Waals surface area contributed by atoms with Gasteiger partial charge in [-0.25, -0.2) is 9.59 Å². The Hall–Kier alpha value is -1.86. The van der Waals surface area contributed by atoms with Crippen LogP contribution in [0.4, 0.5) is 4.79 Å². The molecular formula is C17H27NO5Si. The van der Waals surface area contributed by atoms with Gasteiger partial charge < -0.3 is 19.1 Å². The fourth-order valence-corrected chi connectivity index (χ4v) is 3.52. The number of aliphatic carboxylic acids is 1. The van der Waals surface area contributed by atoms with Crippen molar-refractivity contribution in [3.8, 4) is 0 Å². The molecule has 1 N–H and O–H groups in total. The first-order valence-electron chi connectivity index (χ1n) is 7.97. The quantitative estimate of drug-likeness (QED) is 0.763. The normalized spacial score (nSPS) is 12.8. The van der Waals surface area contributed by atoms with Gasteiger partial charge in [-0.05, 0) is 26.3 Å². The van der Waals surface area contributed by atoms with Crippen LogP contribution in [0.15, 0.2) is 30.3 Å². The van der Waals surface area contributed by atoms with E-state index >= 15 is 0 Å². The zero-order valence-electron chi connectivity index (χ0n) is 15.0. The van der Waals surface area contributed by atoms with E-state index in [-0.39, 0.29) is 13.2 Å². The smallest absolute Gasteiger partial charge is 0.402 e. The van der Waals surface area contributed by atoms with Crippen LogP contribution in [0.5, 0.6) is 0 Å². The highest BCUT2D eigenvalue weighted by atomic mass is 28.3. The summed E-state index contributed by atoms with van der Waals surface area (Å²) in [4.78, 5) is 24.1. The molecule has 1 atom stereocenters. The molecule has 7 heteroatoms. The molecule has 0 aliphatic carbocycles. The molecule has 0 saturated heterocycles. The third kappa shape index (κ3) is 6.72. The first-order chi connectivity index (χ1) is 11.1. The van der Waals surface area contributed by atoms with Crippen molar-refractivity contribution in [2.45, 2.75) is 52.1 Å². The summed E-state index contributed by atoms with van der Waals surface area (Å²) in [5, 5.41) is 9.52. The molecule has 1 aromatic rings. The zero-order chi connectivity index (χ0) is 18.3. The highest BCUT2D eigenvalue weighted by Gasteiger charge is 2.34. The van der Waals surface area contributed by atoms with Crippen LogP contribution in [-0.4, -0.2) is 48.9 Å². The largest absolute Gasteiger partial charge is 0.480 e. The molecule has 0 spiro atoms. The zero-order valence-corrected chi connectivity index (χ0v) is 16.1. The molecule has 1 aromatic carbocycles. The number of hydrogen-bond donors (Lipinski definition) is 1. The lowest BCUT2D eigenvalue weighted by atomic mass is 10.2. The summed E-state index contributed by atoms with van der Waals surface area (Å²) >= 11 is 0. The van der Waals surface area contributed by atoms with Crippen molar-refractivity contribution in [3.05, 3.63) is 35.9 Å². The number of amides is 1. The third-order valence-electron chi connectivity index (χ3n) is 3.27. The average Bonchev–Trinajstić information content (AvgIpc) is 2.48. The summed E-state index contributed by atoms with van der Waals surface area (Å²) in [6.07, 6.45) is -0.606. The van der Waals surface area contributed by atoms with Gasteiger partial charge >= 0.3 is 12.1 Å². The van der Waals surface area contributed by atoms with Crippen LogP contribution in [0.2, 0.25) is 13.1 Å². The van der Waals surface area contributed by atoms with E-state index in [1.54, 1.807) is 0 Å². The lowest BCUT2D eigenvalue weighted by Gasteiger charge is -2.33. The summed E-state index contributed by atoms with van der Waals surface area (Å²) in [5.74, 6) is -1.09. The Labute approximate surface area is 145 Å². The molecule has 0 aromatic heterocycles. The second-order valence-corrected chi connectivity index (χ2v) is 9.56. The number of carboxylic acids is 1. The SMILES string of the molecule is C[SiH](C)N(C(=O)OCc1ccccc1)C(COC(C)(C)C)C(=O)O. The van der Waals surface area contributed by atoms with Gasteiger partial charge in [0.1, 0.15) is 21.6 Å². The van der Waals surface area contributed by atoms with Crippen LogP contribution in [0, 0.1) is 0 Å². The predicted molar refractivity (Wildman–Crippen MR) is 94.5 cm³/mol. The Bertz CT molecular complexity index is 542. The Morgan fingerprint density at radius 3 is 2.25 bits per heavy atom. The predicted octanol–water partition coefficient (Wildman–Crippen LogP) is 2.88. The number of carbonyl (C=O) groups excluding carboxylic acids is 1. The van der Waals surface area contributed by atoms with Crippen molar-refractivity contribution in [2.75, 3.05) is 6.61 Å². The summed E-state index contributed by atoms with van der Waals surface area (Å²) in [5.41, 5.74) is 0.375. The number of benzene rings is 1. The minimum Gasteiger partial charge on any atom is -0.480 e. The van der Waals surface area contributed by atoms with Crippen molar-refractivity contribution >= 4 is 21.0 Å². The summed E-state index contributed by atoms with van der Waals surface area (Å²) in [6.45, 7) is 9.35. The van der Waals surface area contributed by atoms with Gasteiger partial charge in [0.2, 0.25) is 0 Å². The van der Waals surface area contributed by atoms with Gasteiger partial charge in [-0.15, -0.1) is 0 Å². The van der Waals surface area contributed by atoms with E-state index in [0.29, 0.717) is 0 Å². The van der Waals surface area contributed by atoms with Crippen LogP contribution < -0.4 is 0 Å². The van der Waals surface area contributed by atoms with Crippen LogP contribution in [0.25, 0.3) is 0 Å². The van der Waals surface area contributed by atoms with Crippen molar-refractivity contribution in [1.29, 1.82) is 0 Å². The maximum Gasteiger partial charge on any atom is 0.402 e. The van der Waals surface area contributed by atoms with Gasteiger partial charge in [-0.1, -0.05) is 43.4 Å². The molecule has 1 rings (SSSR count). The molecule has 24 heavy (non-hydrogen) atoms. The molecular weight excluding hydrogens is 326 g/mol. The molecule has 0 bridgehead atoms. The van der Waals surface area contributed by atoms with E-state index in [1.807, 2.05) is 64.2 Å². The van der Waals surface area contributed by atoms with Gasteiger partial charge in [0.25, 0.3) is 0 Å². The van der Waals surface area contributed by atoms with Crippen LogP contribution in [0.3, 0.4) is 0 Å². The number of rotatable bonds is 7. The minimum absolute atomic E-state index is 0.0650. The Kier molecular flexibility index (Phi) is 7.43. The Balaban J connectivity index is 2.80. The lowest BCUT2D eigenvalue weighted by molar-refractivity contribution is -0.145. The molecule has 0 aliphatic heterocycles. The maximum absolute atomic E-state index is 12.4. The van der Waals surface area contributed by atoms with Gasteiger partial charge in [0.05, 0.1) is 12.2 Å². The standard InChI is InChI=1S/C17H27NO5Si/c1-17(2,3)23-12-14(15(19)20)18(24(4)5)16(21)22-11-13-9-7-6-8-10-13/h6-10,14,24H,11-12H2,1-5H3,(H,19,20). The van der Waals surface area contributed by atoms with E-state index in [4.69, 9.17) is 9.47 Å². The molecule has 0 saturated carbocycles. The fraction of sp³-hybridized carbons (Fsp3) is 0.529. The number of nitrogens with zero attached hydrogens (tertiary/aromatic N) is 1. The number of carbonyl (C=O) groups is 2.